The fourth-order valence-corrected chi connectivity index (χ4v) is 5.26. The summed E-state index contributed by atoms with van der Waals surface area (Å²) >= 11 is 6.27. The van der Waals surface area contributed by atoms with Crippen LogP contribution in [-0.2, 0) is 28.4 Å². The number of hydrogen-bond acceptors (Lipinski definition) is 10. The van der Waals surface area contributed by atoms with Crippen LogP contribution in [0.1, 0.15) is 44.3 Å². The first-order valence-electron chi connectivity index (χ1n) is 12.0. The number of nitrogens with zero attached hydrogens (tertiary/aromatic N) is 4. The summed E-state index contributed by atoms with van der Waals surface area (Å²) in [6, 6.07) is 8.72. The number of carbonyl (C=O) groups is 1. The van der Waals surface area contributed by atoms with Crippen molar-refractivity contribution in [3.8, 4) is 0 Å². The van der Waals surface area contributed by atoms with Crippen LogP contribution >= 0.6 is 11.6 Å². The highest BCUT2D eigenvalue weighted by Gasteiger charge is 2.60. The number of hydrogen-bond donors (Lipinski definition) is 0. The van der Waals surface area contributed by atoms with E-state index in [4.69, 9.17) is 40.0 Å². The second kappa shape index (κ2) is 8.97. The Bertz CT molecular complexity index is 1320. The molecule has 37 heavy (non-hydrogen) atoms. The summed E-state index contributed by atoms with van der Waals surface area (Å²) in [5.74, 6) is -2.37. The van der Waals surface area contributed by atoms with Crippen LogP contribution in [-0.4, -0.2) is 74.2 Å². The molecule has 5 heterocycles. The zero-order valence-corrected chi connectivity index (χ0v) is 21.5. The lowest BCUT2D eigenvalue weighted by atomic mass is 9.99. The summed E-state index contributed by atoms with van der Waals surface area (Å²) in [5.41, 5.74) is 1.19. The lowest BCUT2D eigenvalue weighted by molar-refractivity contribution is -0.332. The number of rotatable bonds is 3. The van der Waals surface area contributed by atoms with Gasteiger partial charge in [0.1, 0.15) is 36.3 Å². The van der Waals surface area contributed by atoms with E-state index < -0.39 is 54.3 Å². The normalized spacial score (nSPS) is 32.4. The van der Waals surface area contributed by atoms with E-state index in [0.717, 1.165) is 0 Å². The first-order valence-corrected chi connectivity index (χ1v) is 12.4. The smallest absolute Gasteiger partial charge is 0.338 e. The Hall–Kier alpha value is -2.67. The average molecular weight is 531 g/mol. The van der Waals surface area contributed by atoms with Crippen molar-refractivity contribution in [2.45, 2.75) is 76.0 Å². The van der Waals surface area contributed by atoms with Gasteiger partial charge in [0.2, 0.25) is 0 Å². The Balaban J connectivity index is 1.47. The first kappa shape index (κ1) is 24.7. The Morgan fingerprint density at radius 2 is 1.73 bits per heavy atom. The molecule has 3 aromatic rings. The van der Waals surface area contributed by atoms with Gasteiger partial charge in [0.05, 0.1) is 18.5 Å². The fraction of sp³-hybridized carbons (Fsp3) is 0.520. The Labute approximate surface area is 217 Å². The fourth-order valence-electron chi connectivity index (χ4n) is 5.08. The molecule has 11 nitrogen and oxygen atoms in total. The van der Waals surface area contributed by atoms with E-state index in [-0.39, 0.29) is 11.8 Å². The highest BCUT2D eigenvalue weighted by Crippen LogP contribution is 2.44. The van der Waals surface area contributed by atoms with E-state index in [1.54, 1.807) is 28.8 Å². The van der Waals surface area contributed by atoms with Crippen LogP contribution in [0.3, 0.4) is 0 Å². The summed E-state index contributed by atoms with van der Waals surface area (Å²) in [7, 11) is 0. The van der Waals surface area contributed by atoms with Gasteiger partial charge in [0, 0.05) is 0 Å². The first-order chi connectivity index (χ1) is 17.6. The summed E-state index contributed by atoms with van der Waals surface area (Å²) in [5, 5.41) is 0.193. The number of imidazole rings is 1. The minimum Gasteiger partial charge on any atom is -0.451 e. The highest BCUT2D eigenvalue weighted by molar-refractivity contribution is 6.33. The van der Waals surface area contributed by atoms with Gasteiger partial charge < -0.3 is 28.4 Å². The lowest BCUT2D eigenvalue weighted by Gasteiger charge is -2.42. The van der Waals surface area contributed by atoms with Crippen molar-refractivity contribution < 1.29 is 33.2 Å². The molecule has 6 rings (SSSR count). The molecule has 0 bridgehead atoms. The van der Waals surface area contributed by atoms with Gasteiger partial charge in [-0.2, -0.15) is 0 Å². The predicted molar refractivity (Wildman–Crippen MR) is 129 cm³/mol. The Kier molecular flexibility index (Phi) is 5.98. The van der Waals surface area contributed by atoms with Gasteiger partial charge >= 0.3 is 5.97 Å². The second-order valence-electron chi connectivity index (χ2n) is 10.1. The molecule has 0 N–H and O–H groups in total. The zero-order chi connectivity index (χ0) is 25.9. The third-order valence-corrected chi connectivity index (χ3v) is 6.91. The molecule has 3 fully saturated rings. The monoisotopic (exact) mass is 530 g/mol. The van der Waals surface area contributed by atoms with E-state index in [1.807, 2.05) is 33.8 Å². The van der Waals surface area contributed by atoms with E-state index in [9.17, 15) is 4.79 Å². The quantitative estimate of drug-likeness (QED) is 0.369. The summed E-state index contributed by atoms with van der Waals surface area (Å²) in [6.45, 7) is 7.51. The average Bonchev–Trinajstić information content (AvgIpc) is 3.41. The molecule has 0 radical (unpaired) electrons. The van der Waals surface area contributed by atoms with Crippen molar-refractivity contribution in [3.05, 3.63) is 53.7 Å². The van der Waals surface area contributed by atoms with E-state index in [1.165, 1.54) is 12.7 Å². The van der Waals surface area contributed by atoms with Crippen LogP contribution in [0.2, 0.25) is 5.15 Å². The largest absolute Gasteiger partial charge is 0.451 e. The molecule has 12 heteroatoms. The molecular weight excluding hydrogens is 504 g/mol. The van der Waals surface area contributed by atoms with Crippen LogP contribution in [0, 0.1) is 0 Å². The maximum absolute atomic E-state index is 13.3. The van der Waals surface area contributed by atoms with E-state index in [0.29, 0.717) is 16.7 Å². The van der Waals surface area contributed by atoms with Gasteiger partial charge in [-0.25, -0.2) is 19.7 Å². The SMILES string of the molecule is CC1(C)OCC2O[C@@H](n3cnc4c(Cl)ncnc43)C(OC(=O)c3ccccc3)C3OC(C)(C)O[C@H]3[C@@H]2O1. The number of esters is 1. The minimum atomic E-state index is -0.970. The van der Waals surface area contributed by atoms with Gasteiger partial charge in [-0.1, -0.05) is 29.8 Å². The van der Waals surface area contributed by atoms with Gasteiger partial charge in [-0.15, -0.1) is 0 Å². The molecule has 0 saturated carbocycles. The molecule has 3 aliphatic rings. The maximum atomic E-state index is 13.3. The standard InChI is InChI=1S/C25H27ClN4O7/c1-24(2)32-10-14-16(35-24)17-18(37-25(3,4)36-17)19(34-23(31)13-8-6-5-7-9-13)22(33-14)30-12-29-15-20(26)27-11-28-21(15)30/h5-9,11-12,14,16-19,22H,10H2,1-4H3/t14?,16-,17+,18?,19?,22-/m1/s1. The lowest BCUT2D eigenvalue weighted by Crippen LogP contribution is -2.55. The number of benzene rings is 1. The molecule has 0 aliphatic carbocycles. The topological polar surface area (TPSA) is 116 Å². The highest BCUT2D eigenvalue weighted by atomic mass is 35.5. The number of aromatic nitrogens is 4. The molecular formula is C25H27ClN4O7. The summed E-state index contributed by atoms with van der Waals surface area (Å²) in [6.07, 6.45) is -1.51. The van der Waals surface area contributed by atoms with Crippen LogP contribution in [0.5, 0.6) is 0 Å². The molecule has 0 spiro atoms. The third kappa shape index (κ3) is 4.49. The molecule has 1 aromatic carbocycles. The molecule has 3 saturated heterocycles. The van der Waals surface area contributed by atoms with Crippen molar-refractivity contribution in [1.82, 2.24) is 19.5 Å². The molecule has 3 aliphatic heterocycles. The minimum absolute atomic E-state index is 0.193. The molecule has 196 valence electrons. The van der Waals surface area contributed by atoms with Crippen molar-refractivity contribution in [2.75, 3.05) is 6.61 Å². The van der Waals surface area contributed by atoms with Crippen LogP contribution < -0.4 is 0 Å². The summed E-state index contributed by atoms with van der Waals surface area (Å²) in [4.78, 5) is 26.1. The van der Waals surface area contributed by atoms with Gasteiger partial charge in [0.25, 0.3) is 0 Å². The van der Waals surface area contributed by atoms with Crippen molar-refractivity contribution >= 4 is 28.7 Å². The molecule has 0 amide bonds. The van der Waals surface area contributed by atoms with Gasteiger partial charge in [0.15, 0.2) is 34.7 Å². The number of ether oxygens (including phenoxy) is 6. The van der Waals surface area contributed by atoms with Crippen molar-refractivity contribution in [1.29, 1.82) is 0 Å². The number of halogens is 1. The third-order valence-electron chi connectivity index (χ3n) is 6.63. The zero-order valence-electron chi connectivity index (χ0n) is 20.7. The predicted octanol–water partition coefficient (Wildman–Crippen LogP) is 3.27. The Morgan fingerprint density at radius 3 is 2.51 bits per heavy atom. The van der Waals surface area contributed by atoms with Crippen molar-refractivity contribution in [2.24, 2.45) is 0 Å². The van der Waals surface area contributed by atoms with Crippen LogP contribution in [0.4, 0.5) is 0 Å². The maximum Gasteiger partial charge on any atom is 0.338 e. The number of carbonyl (C=O) groups excluding carboxylic acids is 1. The van der Waals surface area contributed by atoms with E-state index in [2.05, 4.69) is 15.0 Å². The number of fused-ring (bicyclic) bond motifs is 4. The molecule has 6 atom stereocenters. The molecule has 2 aromatic heterocycles. The van der Waals surface area contributed by atoms with E-state index >= 15 is 0 Å². The van der Waals surface area contributed by atoms with Gasteiger partial charge in [-0.05, 0) is 39.8 Å². The van der Waals surface area contributed by atoms with Crippen LogP contribution in [0.15, 0.2) is 43.0 Å². The molecule has 3 unspecified atom stereocenters. The Morgan fingerprint density at radius 1 is 1.00 bits per heavy atom. The van der Waals surface area contributed by atoms with Crippen LogP contribution in [0.25, 0.3) is 11.2 Å². The second-order valence-corrected chi connectivity index (χ2v) is 10.5. The summed E-state index contributed by atoms with van der Waals surface area (Å²) < 4.78 is 39.3. The van der Waals surface area contributed by atoms with Crippen molar-refractivity contribution in [3.63, 3.8) is 0 Å². The van der Waals surface area contributed by atoms with Gasteiger partial charge in [-0.3, -0.25) is 4.57 Å².